The first kappa shape index (κ1) is 64.8. The zero-order valence-corrected chi connectivity index (χ0v) is 47.5. The molecule has 0 bridgehead atoms. The summed E-state index contributed by atoms with van der Waals surface area (Å²) in [5, 5.41) is 31.2. The molecule has 2 aromatic carbocycles. The number of amides is 11. The van der Waals surface area contributed by atoms with Gasteiger partial charge in [0.05, 0.1) is 6.33 Å². The summed E-state index contributed by atoms with van der Waals surface area (Å²) in [6.07, 6.45) is 2.83. The molecule has 0 aliphatic carbocycles. The molecular formula is C52H69N19O12S2. The lowest BCUT2D eigenvalue weighted by Gasteiger charge is -2.28. The smallest absolute Gasteiger partial charge is 0.325 e. The van der Waals surface area contributed by atoms with E-state index >= 15 is 0 Å². The Morgan fingerprint density at radius 1 is 0.624 bits per heavy atom. The highest BCUT2D eigenvalue weighted by Crippen LogP contribution is 2.24. The highest BCUT2D eigenvalue weighted by Gasteiger charge is 2.40. The number of urea groups is 1. The average molecular weight is 1220 g/mol. The van der Waals surface area contributed by atoms with Gasteiger partial charge in [-0.25, -0.2) is 9.78 Å². The van der Waals surface area contributed by atoms with Crippen molar-refractivity contribution >= 4 is 110 Å². The van der Waals surface area contributed by atoms with Gasteiger partial charge in [-0.05, 0) is 49.3 Å². The summed E-state index contributed by atoms with van der Waals surface area (Å²) in [6.45, 7) is -0.715. The Balaban J connectivity index is 1.37. The van der Waals surface area contributed by atoms with Crippen LogP contribution in [-0.4, -0.2) is 182 Å². The second-order valence-electron chi connectivity index (χ2n) is 19.7. The van der Waals surface area contributed by atoms with Crippen LogP contribution >= 0.6 is 21.6 Å². The van der Waals surface area contributed by atoms with Crippen molar-refractivity contribution in [3.8, 4) is 0 Å². The lowest BCUT2D eigenvalue weighted by molar-refractivity contribution is -0.138. The molecule has 0 radical (unpaired) electrons. The van der Waals surface area contributed by atoms with Crippen LogP contribution in [0.4, 0.5) is 4.79 Å². The number of imidazole rings is 1. The summed E-state index contributed by atoms with van der Waals surface area (Å²) >= 11 is 0. The van der Waals surface area contributed by atoms with Gasteiger partial charge in [0.2, 0.25) is 47.3 Å². The minimum absolute atomic E-state index is 0.0144. The number of hydrogen-bond acceptors (Lipinski definition) is 16. The number of nitrogens with one attached hydrogen (secondary N) is 10. The Kier molecular flexibility index (Phi) is 24.3. The lowest BCUT2D eigenvalue weighted by Crippen LogP contribution is -2.61. The van der Waals surface area contributed by atoms with Crippen LogP contribution in [0.5, 0.6) is 0 Å². The fourth-order valence-corrected chi connectivity index (χ4v) is 11.3. The van der Waals surface area contributed by atoms with Gasteiger partial charge in [0.1, 0.15) is 54.9 Å². The van der Waals surface area contributed by atoms with Gasteiger partial charge in [0, 0.05) is 79.3 Å². The molecule has 31 nitrogen and oxygen atoms in total. The van der Waals surface area contributed by atoms with Crippen molar-refractivity contribution < 1.29 is 57.8 Å². The third-order valence-corrected chi connectivity index (χ3v) is 15.8. The van der Waals surface area contributed by atoms with E-state index in [-0.39, 0.29) is 81.5 Å². The molecule has 2 fully saturated rings. The molecule has 456 valence electrons. The molecule has 2 aliphatic heterocycles. The largest absolute Gasteiger partial charge is 0.481 e. The predicted octanol–water partition coefficient (Wildman–Crippen LogP) is -3.91. The van der Waals surface area contributed by atoms with Crippen LogP contribution in [0, 0.1) is 0 Å². The molecule has 8 atom stereocenters. The van der Waals surface area contributed by atoms with Crippen molar-refractivity contribution in [2.24, 2.45) is 38.7 Å². The van der Waals surface area contributed by atoms with E-state index in [1.807, 2.05) is 0 Å². The molecule has 0 spiro atoms. The van der Waals surface area contributed by atoms with Gasteiger partial charge in [0.15, 0.2) is 11.9 Å². The van der Waals surface area contributed by atoms with Crippen molar-refractivity contribution in [3.63, 3.8) is 0 Å². The van der Waals surface area contributed by atoms with Crippen molar-refractivity contribution in [1.29, 1.82) is 0 Å². The van der Waals surface area contributed by atoms with Crippen LogP contribution in [-0.2, 0) is 67.2 Å². The van der Waals surface area contributed by atoms with Crippen LogP contribution in [0.1, 0.15) is 55.3 Å². The standard InChI is InChI=1S/C52H69N19O12S2/c53-42(75)38-24-84-85-25-39(63-40(72)23-71-49(82)34(70-52(71)83)13-7-17-60-51(56)57)48(81)65-33(14-15-41(73)74)44(77)68-37(20-29-22-58-26-62-29)47(80)66-35(18-27-8-2-1-3-9-27)45(78)64-32(12-6-16-59-50(54)55)43(76)67-36(46(79)69-38)19-28-21-61-31-11-5-4-10-30(28)31/h1-5,8-11,21-22,26,32-39,61H,6-7,12-20,23-25H2,(H2,53,75)(H,58,62)(H,63,72)(H,64,78)(H,65,81)(H,66,80)(H,67,76)(H,68,77)(H,69,79)(H,70,83)(H,73,74)(H4,54,55,59)(H4,56,57,60)/t32-,33-,34-,35+,36-,37-,38-,39-/m0/s1. The topological polar surface area (TPSA) is 507 Å². The van der Waals surface area contributed by atoms with Crippen LogP contribution in [0.2, 0.25) is 0 Å². The van der Waals surface area contributed by atoms with Crippen LogP contribution in [0.3, 0.4) is 0 Å². The minimum Gasteiger partial charge on any atom is -0.481 e. The second kappa shape index (κ2) is 31.9. The van der Waals surface area contributed by atoms with Crippen molar-refractivity contribution in [2.75, 3.05) is 31.1 Å². The average Bonchev–Trinajstić information content (AvgIpc) is 3.92. The highest BCUT2D eigenvalue weighted by atomic mass is 33.1. The zero-order chi connectivity index (χ0) is 61.6. The van der Waals surface area contributed by atoms with Gasteiger partial charge in [-0.2, -0.15) is 0 Å². The first-order chi connectivity index (χ1) is 40.6. The molecule has 85 heavy (non-hydrogen) atoms. The van der Waals surface area contributed by atoms with Gasteiger partial charge in [0.25, 0.3) is 5.91 Å². The molecule has 33 heteroatoms. The van der Waals surface area contributed by atoms with Crippen LogP contribution < -0.4 is 71.2 Å². The number of H-pyrrole nitrogens is 2. The number of carboxylic acid groups (broad SMARTS) is 1. The molecule has 6 rings (SSSR count). The first-order valence-electron chi connectivity index (χ1n) is 26.8. The Morgan fingerprint density at radius 3 is 1.80 bits per heavy atom. The molecule has 4 aromatic rings. The Morgan fingerprint density at radius 2 is 1.18 bits per heavy atom. The predicted molar refractivity (Wildman–Crippen MR) is 313 cm³/mol. The van der Waals surface area contributed by atoms with Gasteiger partial charge < -0.3 is 86.3 Å². The molecule has 2 aliphatic rings. The number of carbonyl (C=O) groups is 11. The van der Waals surface area contributed by atoms with Gasteiger partial charge in [-0.3, -0.25) is 62.8 Å². The van der Waals surface area contributed by atoms with E-state index in [1.54, 1.807) is 60.8 Å². The van der Waals surface area contributed by atoms with Crippen molar-refractivity contribution in [3.05, 3.63) is 90.1 Å². The summed E-state index contributed by atoms with van der Waals surface area (Å²) in [5.74, 6) is -11.0. The number of fused-ring (bicyclic) bond motifs is 1. The van der Waals surface area contributed by atoms with Crippen molar-refractivity contribution in [2.45, 2.75) is 106 Å². The number of guanidine groups is 2. The molecule has 2 saturated heterocycles. The number of nitrogens with two attached hydrogens (primary N) is 5. The van der Waals surface area contributed by atoms with E-state index in [1.165, 1.54) is 12.5 Å². The van der Waals surface area contributed by atoms with Gasteiger partial charge >= 0.3 is 12.0 Å². The van der Waals surface area contributed by atoms with E-state index in [0.29, 0.717) is 32.6 Å². The summed E-state index contributed by atoms with van der Waals surface area (Å²) in [6, 6.07) is 2.96. The lowest BCUT2D eigenvalue weighted by atomic mass is 10.0. The third kappa shape index (κ3) is 20.2. The number of aliphatic carboxylic acids is 1. The minimum atomic E-state index is -1.72. The number of rotatable bonds is 21. The number of carboxylic acids is 1. The van der Waals surface area contributed by atoms with Crippen LogP contribution in [0.25, 0.3) is 10.9 Å². The number of benzene rings is 2. The van der Waals surface area contributed by atoms with Gasteiger partial charge in [-0.1, -0.05) is 70.1 Å². The van der Waals surface area contributed by atoms with E-state index in [0.717, 1.165) is 21.6 Å². The Hall–Kier alpha value is -9.40. The normalized spacial score (nSPS) is 22.3. The fourth-order valence-electron chi connectivity index (χ4n) is 8.98. The van der Waals surface area contributed by atoms with E-state index in [9.17, 15) is 57.8 Å². The molecule has 2 aromatic heterocycles. The number of aromatic nitrogens is 3. The monoisotopic (exact) mass is 1220 g/mol. The maximum absolute atomic E-state index is 14.8. The summed E-state index contributed by atoms with van der Waals surface area (Å²) in [7, 11) is 1.79. The van der Waals surface area contributed by atoms with E-state index in [2.05, 4.69) is 67.5 Å². The number of hydrogen-bond donors (Lipinski definition) is 16. The molecule has 0 saturated carbocycles. The number of carbonyl (C=O) groups excluding carboxylic acids is 10. The Bertz CT molecular complexity index is 3100. The molecule has 11 amide bonds. The number of para-hydroxylation sites is 1. The molecule has 0 unspecified atom stereocenters. The number of aromatic amines is 2. The number of primary amides is 1. The van der Waals surface area contributed by atoms with Crippen LogP contribution in [0.15, 0.2) is 83.3 Å². The summed E-state index contributed by atoms with van der Waals surface area (Å²) in [4.78, 5) is 171. The Labute approximate surface area is 493 Å². The van der Waals surface area contributed by atoms with Gasteiger partial charge in [-0.15, -0.1) is 0 Å². The molecule has 21 N–H and O–H groups in total. The highest BCUT2D eigenvalue weighted by molar-refractivity contribution is 8.76. The number of nitrogens with zero attached hydrogens (tertiary/aromatic N) is 4. The van der Waals surface area contributed by atoms with Crippen molar-refractivity contribution in [1.82, 2.24) is 62.4 Å². The molecular weight excluding hydrogens is 1150 g/mol. The quantitative estimate of drug-likeness (QED) is 0.0125. The van der Waals surface area contributed by atoms with E-state index < -0.39 is 133 Å². The first-order valence-corrected chi connectivity index (χ1v) is 29.3. The SMILES string of the molecule is NC(=O)[C@@H]1CSSC[C@H](NC(=O)CN2C(=O)N[C@@H](CCCN=C(N)N)C2=O)C(=O)N[C@@H](CCC(=O)O)C(=O)N[C@@H](Cc2cnc[nH]2)C(=O)N[C@H](Cc2ccccc2)C(=O)N[C@@H](CCCN=C(N)N)C(=O)N[C@@H](Cc2c[nH]c3ccccc23)C(=O)N1. The zero-order valence-electron chi connectivity index (χ0n) is 45.9. The summed E-state index contributed by atoms with van der Waals surface area (Å²) < 4.78 is 0. The summed E-state index contributed by atoms with van der Waals surface area (Å²) in [5.41, 5.74) is 29.9. The van der Waals surface area contributed by atoms with E-state index in [4.69, 9.17) is 28.7 Å². The fraction of sp³-hybridized carbons (Fsp3) is 0.423. The molecule has 4 heterocycles. The number of aliphatic imine (C=N–C) groups is 2. The maximum Gasteiger partial charge on any atom is 0.325 e. The number of imide groups is 1. The third-order valence-electron chi connectivity index (χ3n) is 13.3. The second-order valence-corrected chi connectivity index (χ2v) is 22.3. The maximum atomic E-state index is 14.8.